The minimum atomic E-state index is -1.18. The number of rotatable bonds is 16. The molecule has 2 heterocycles. The molecule has 0 saturated carbocycles. The maximum Gasteiger partial charge on any atom is 0.354 e. The van der Waals surface area contributed by atoms with E-state index in [4.69, 9.17) is 25.2 Å². The zero-order valence-electron chi connectivity index (χ0n) is 18.7. The van der Waals surface area contributed by atoms with Gasteiger partial charge in [-0.15, -0.1) is 0 Å². The molecule has 2 aromatic rings. The third-order valence-corrected chi connectivity index (χ3v) is 4.64. The van der Waals surface area contributed by atoms with Crippen molar-refractivity contribution in [2.24, 2.45) is 0 Å². The van der Waals surface area contributed by atoms with E-state index in [1.807, 2.05) is 0 Å². The van der Waals surface area contributed by atoms with E-state index in [1.165, 1.54) is 34.1 Å². The number of aliphatic carboxylic acids is 2. The molecule has 2 aromatic heterocycles. The fourth-order valence-electron chi connectivity index (χ4n) is 3.13. The Morgan fingerprint density at radius 2 is 1.09 bits per heavy atom. The lowest BCUT2D eigenvalue weighted by Gasteiger charge is -2.22. The van der Waals surface area contributed by atoms with Gasteiger partial charge in [-0.1, -0.05) is 12.1 Å². The summed E-state index contributed by atoms with van der Waals surface area (Å²) in [6, 6.07) is 8.93. The standard InChI is InChI=1S/C22H26N4O9/c27-19(28)13-25(11-15-3-1-5-17(23-15)21(31)32)7-9-35-10-8-26(14-20(29)30)12-16-4-2-6-18(24-16)22(33)34/h1-6H,7-14H2,(H,27,28)(H,29,30)(H,31,32)(H,33,34). The summed E-state index contributed by atoms with van der Waals surface area (Å²) < 4.78 is 5.56. The van der Waals surface area contributed by atoms with E-state index in [0.717, 1.165) is 0 Å². The van der Waals surface area contributed by atoms with Crippen LogP contribution in [0.1, 0.15) is 32.4 Å². The summed E-state index contributed by atoms with van der Waals surface area (Å²) in [5.74, 6) is -4.50. The number of ether oxygens (including phenoxy) is 1. The first-order valence-electron chi connectivity index (χ1n) is 10.5. The van der Waals surface area contributed by atoms with E-state index in [0.29, 0.717) is 11.4 Å². The van der Waals surface area contributed by atoms with E-state index in [9.17, 15) is 19.2 Å². The monoisotopic (exact) mass is 490 g/mol. The minimum Gasteiger partial charge on any atom is -0.480 e. The van der Waals surface area contributed by atoms with Crippen molar-refractivity contribution >= 4 is 23.9 Å². The highest BCUT2D eigenvalue weighted by atomic mass is 16.5. The van der Waals surface area contributed by atoms with Crippen molar-refractivity contribution in [2.45, 2.75) is 13.1 Å². The summed E-state index contributed by atoms with van der Waals surface area (Å²) in [7, 11) is 0. The molecule has 0 unspecified atom stereocenters. The van der Waals surface area contributed by atoms with Gasteiger partial charge in [0.15, 0.2) is 0 Å². The Labute approximate surface area is 200 Å². The highest BCUT2D eigenvalue weighted by Gasteiger charge is 2.15. The molecule has 0 bridgehead atoms. The van der Waals surface area contributed by atoms with E-state index in [-0.39, 0.29) is 63.9 Å². The van der Waals surface area contributed by atoms with Crippen LogP contribution in [0.2, 0.25) is 0 Å². The molecule has 35 heavy (non-hydrogen) atoms. The maximum atomic E-state index is 11.2. The Bertz CT molecular complexity index is 966. The molecule has 0 aromatic carbocycles. The van der Waals surface area contributed by atoms with Gasteiger partial charge in [0, 0.05) is 26.2 Å². The van der Waals surface area contributed by atoms with E-state index < -0.39 is 23.9 Å². The summed E-state index contributed by atoms with van der Waals surface area (Å²) >= 11 is 0. The molecule has 0 radical (unpaired) electrons. The molecule has 0 saturated heterocycles. The number of pyridine rings is 2. The van der Waals surface area contributed by atoms with Crippen LogP contribution in [-0.2, 0) is 27.4 Å². The molecule has 188 valence electrons. The predicted octanol–water partition coefficient (Wildman–Crippen LogP) is 0.363. The van der Waals surface area contributed by atoms with Gasteiger partial charge in [-0.25, -0.2) is 19.6 Å². The quantitative estimate of drug-likeness (QED) is 0.236. The van der Waals surface area contributed by atoms with Crippen LogP contribution >= 0.6 is 0 Å². The van der Waals surface area contributed by atoms with Crippen LogP contribution in [0.4, 0.5) is 0 Å². The van der Waals surface area contributed by atoms with E-state index in [1.54, 1.807) is 12.1 Å². The number of aromatic carboxylic acids is 2. The van der Waals surface area contributed by atoms with Crippen LogP contribution < -0.4 is 0 Å². The van der Waals surface area contributed by atoms with Gasteiger partial charge >= 0.3 is 23.9 Å². The van der Waals surface area contributed by atoms with Crippen LogP contribution in [-0.4, -0.2) is 103 Å². The van der Waals surface area contributed by atoms with Crippen molar-refractivity contribution in [2.75, 3.05) is 39.4 Å². The Morgan fingerprint density at radius 1 is 0.686 bits per heavy atom. The Balaban J connectivity index is 1.88. The molecule has 0 spiro atoms. The van der Waals surface area contributed by atoms with Crippen molar-refractivity contribution in [1.82, 2.24) is 19.8 Å². The van der Waals surface area contributed by atoms with Crippen LogP contribution in [0.3, 0.4) is 0 Å². The number of aromatic nitrogens is 2. The molecule has 0 aliphatic rings. The first kappa shape index (κ1) is 27.3. The second-order valence-corrected chi connectivity index (χ2v) is 7.46. The number of carboxylic acids is 4. The summed E-state index contributed by atoms with van der Waals surface area (Å²) in [6.07, 6.45) is 0. The second kappa shape index (κ2) is 13.7. The molecule has 0 aliphatic heterocycles. The fourth-order valence-corrected chi connectivity index (χ4v) is 3.13. The molecule has 0 atom stereocenters. The first-order valence-corrected chi connectivity index (χ1v) is 10.5. The van der Waals surface area contributed by atoms with Crippen molar-refractivity contribution < 1.29 is 44.3 Å². The highest BCUT2D eigenvalue weighted by Crippen LogP contribution is 2.06. The van der Waals surface area contributed by atoms with Gasteiger partial charge < -0.3 is 25.2 Å². The average molecular weight is 490 g/mol. The summed E-state index contributed by atoms with van der Waals surface area (Å²) in [5.41, 5.74) is 0.511. The summed E-state index contributed by atoms with van der Waals surface area (Å²) in [6.45, 7) is 0.303. The van der Waals surface area contributed by atoms with Gasteiger partial charge in [0.2, 0.25) is 0 Å². The van der Waals surface area contributed by atoms with Crippen molar-refractivity contribution in [3.63, 3.8) is 0 Å². The van der Waals surface area contributed by atoms with E-state index >= 15 is 0 Å². The van der Waals surface area contributed by atoms with Gasteiger partial charge in [-0.05, 0) is 24.3 Å². The van der Waals surface area contributed by atoms with Crippen LogP contribution in [0, 0.1) is 0 Å². The zero-order valence-corrected chi connectivity index (χ0v) is 18.7. The van der Waals surface area contributed by atoms with E-state index in [2.05, 4.69) is 9.97 Å². The molecule has 0 amide bonds. The first-order chi connectivity index (χ1) is 16.6. The third kappa shape index (κ3) is 10.2. The lowest BCUT2D eigenvalue weighted by atomic mass is 10.2. The lowest BCUT2D eigenvalue weighted by Crippen LogP contribution is -2.35. The highest BCUT2D eigenvalue weighted by molar-refractivity contribution is 5.85. The number of hydrogen-bond donors (Lipinski definition) is 4. The average Bonchev–Trinajstić information content (AvgIpc) is 2.78. The second-order valence-electron chi connectivity index (χ2n) is 7.46. The third-order valence-electron chi connectivity index (χ3n) is 4.64. The van der Waals surface area contributed by atoms with Gasteiger partial charge in [0.1, 0.15) is 11.4 Å². The topological polar surface area (TPSA) is 191 Å². The Hall–Kier alpha value is -3.94. The van der Waals surface area contributed by atoms with Gasteiger partial charge in [0.05, 0.1) is 37.7 Å². The summed E-state index contributed by atoms with van der Waals surface area (Å²) in [5, 5.41) is 36.4. The molecule has 0 fully saturated rings. The number of hydrogen-bond acceptors (Lipinski definition) is 9. The molecule has 0 aliphatic carbocycles. The van der Waals surface area contributed by atoms with Crippen LogP contribution in [0.5, 0.6) is 0 Å². The number of nitrogens with zero attached hydrogens (tertiary/aromatic N) is 4. The Morgan fingerprint density at radius 3 is 1.43 bits per heavy atom. The van der Waals surface area contributed by atoms with Gasteiger partial charge in [-0.2, -0.15) is 0 Å². The smallest absolute Gasteiger partial charge is 0.354 e. The molecular formula is C22H26N4O9. The number of carboxylic acid groups (broad SMARTS) is 4. The van der Waals surface area contributed by atoms with Crippen LogP contribution in [0.15, 0.2) is 36.4 Å². The van der Waals surface area contributed by atoms with Gasteiger partial charge in [-0.3, -0.25) is 19.4 Å². The SMILES string of the molecule is O=C(O)CN(CCOCCN(CC(=O)O)Cc1cccc(C(=O)O)n1)Cc1cccc(C(=O)O)n1. The minimum absolute atomic E-state index is 0.105. The van der Waals surface area contributed by atoms with Gasteiger partial charge in [0.25, 0.3) is 0 Å². The lowest BCUT2D eigenvalue weighted by molar-refractivity contribution is -0.139. The largest absolute Gasteiger partial charge is 0.480 e. The maximum absolute atomic E-state index is 11.2. The number of carbonyl (C=O) groups is 4. The molecular weight excluding hydrogens is 464 g/mol. The molecule has 4 N–H and O–H groups in total. The predicted molar refractivity (Wildman–Crippen MR) is 119 cm³/mol. The zero-order chi connectivity index (χ0) is 25.8. The van der Waals surface area contributed by atoms with Crippen molar-refractivity contribution in [3.8, 4) is 0 Å². The Kier molecular flexibility index (Phi) is 10.7. The summed E-state index contributed by atoms with van der Waals surface area (Å²) in [4.78, 5) is 55.6. The van der Waals surface area contributed by atoms with Crippen LogP contribution in [0.25, 0.3) is 0 Å². The fraction of sp³-hybridized carbons (Fsp3) is 0.364. The van der Waals surface area contributed by atoms with Crippen molar-refractivity contribution in [3.05, 3.63) is 59.2 Å². The normalized spacial score (nSPS) is 11.0. The molecule has 13 nitrogen and oxygen atoms in total. The molecule has 2 rings (SSSR count). The van der Waals surface area contributed by atoms with Crippen molar-refractivity contribution in [1.29, 1.82) is 0 Å². The molecule has 13 heteroatoms.